The molecule has 0 N–H and O–H groups in total. The Labute approximate surface area is 84.3 Å². The molecule has 0 bridgehead atoms. The van der Waals surface area contributed by atoms with E-state index in [0.717, 1.165) is 0 Å². The van der Waals surface area contributed by atoms with E-state index in [-0.39, 0.29) is 0 Å². The van der Waals surface area contributed by atoms with Gasteiger partial charge in [-0.2, -0.15) is 0 Å². The van der Waals surface area contributed by atoms with Crippen LogP contribution in [0.5, 0.6) is 0 Å². The molecule has 0 spiro atoms. The third-order valence-corrected chi connectivity index (χ3v) is 3.06. The van der Waals surface area contributed by atoms with Gasteiger partial charge in [0.05, 0.1) is 0 Å². The summed E-state index contributed by atoms with van der Waals surface area (Å²) in [6, 6.07) is 6.39. The first-order chi connectivity index (χ1) is 5.11. The van der Waals surface area contributed by atoms with Gasteiger partial charge < -0.3 is 0 Å². The summed E-state index contributed by atoms with van der Waals surface area (Å²) in [7, 11) is 0. The molecule has 0 heterocycles. The van der Waals surface area contributed by atoms with E-state index in [4.69, 9.17) is 0 Å². The van der Waals surface area contributed by atoms with Gasteiger partial charge in [-0.3, -0.25) is 0 Å². The SMILES string of the molecule is Cc1cc(C(C)Br)ccc1Br. The number of hydrogen-bond acceptors (Lipinski definition) is 0. The summed E-state index contributed by atoms with van der Waals surface area (Å²) >= 11 is 6.99. The van der Waals surface area contributed by atoms with E-state index in [1.165, 1.54) is 15.6 Å². The molecule has 1 unspecified atom stereocenters. The van der Waals surface area contributed by atoms with E-state index in [9.17, 15) is 0 Å². The predicted octanol–water partition coefficient (Wildman–Crippen LogP) is 4.21. The zero-order valence-corrected chi connectivity index (χ0v) is 9.74. The van der Waals surface area contributed by atoms with Crippen molar-refractivity contribution in [3.8, 4) is 0 Å². The molecule has 2 heteroatoms. The average Bonchev–Trinajstić information content (AvgIpc) is 1.94. The maximum Gasteiger partial charge on any atom is 0.0367 e. The molecule has 60 valence electrons. The lowest BCUT2D eigenvalue weighted by molar-refractivity contribution is 1.11. The minimum atomic E-state index is 0.439. The van der Waals surface area contributed by atoms with Crippen molar-refractivity contribution in [3.63, 3.8) is 0 Å². The van der Waals surface area contributed by atoms with Crippen molar-refractivity contribution in [2.24, 2.45) is 0 Å². The quantitative estimate of drug-likeness (QED) is 0.675. The van der Waals surface area contributed by atoms with E-state index in [2.05, 4.69) is 63.9 Å². The van der Waals surface area contributed by atoms with Gasteiger partial charge in [0.1, 0.15) is 0 Å². The van der Waals surface area contributed by atoms with Gasteiger partial charge >= 0.3 is 0 Å². The highest BCUT2D eigenvalue weighted by Crippen LogP contribution is 2.25. The van der Waals surface area contributed by atoms with Crippen LogP contribution in [0.25, 0.3) is 0 Å². The molecule has 11 heavy (non-hydrogen) atoms. The molecule has 0 radical (unpaired) electrons. The second-order valence-electron chi connectivity index (χ2n) is 2.62. The summed E-state index contributed by atoms with van der Waals surface area (Å²) in [4.78, 5) is 0.439. The maximum atomic E-state index is 3.53. The maximum absolute atomic E-state index is 3.53. The molecule has 0 aliphatic heterocycles. The van der Waals surface area contributed by atoms with E-state index >= 15 is 0 Å². The summed E-state index contributed by atoms with van der Waals surface area (Å²) in [5, 5.41) is 0. The Kier molecular flexibility index (Phi) is 3.14. The van der Waals surface area contributed by atoms with Gasteiger partial charge in [0.25, 0.3) is 0 Å². The van der Waals surface area contributed by atoms with Gasteiger partial charge in [0, 0.05) is 9.30 Å². The fourth-order valence-corrected chi connectivity index (χ4v) is 1.45. The predicted molar refractivity (Wildman–Crippen MR) is 56.2 cm³/mol. The molecule has 0 amide bonds. The molecule has 1 aromatic rings. The lowest BCUT2D eigenvalue weighted by Gasteiger charge is -2.05. The highest BCUT2D eigenvalue weighted by Gasteiger charge is 2.01. The fourth-order valence-electron chi connectivity index (χ4n) is 0.915. The average molecular weight is 278 g/mol. The number of halogens is 2. The number of hydrogen-bond donors (Lipinski definition) is 0. The van der Waals surface area contributed by atoms with E-state index in [1.807, 2.05) is 0 Å². The smallest absolute Gasteiger partial charge is 0.0367 e. The van der Waals surface area contributed by atoms with Gasteiger partial charge in [-0.1, -0.05) is 44.0 Å². The second kappa shape index (κ2) is 3.72. The van der Waals surface area contributed by atoms with Gasteiger partial charge in [-0.15, -0.1) is 0 Å². The first-order valence-electron chi connectivity index (χ1n) is 3.51. The van der Waals surface area contributed by atoms with E-state index in [1.54, 1.807) is 0 Å². The zero-order valence-electron chi connectivity index (χ0n) is 6.57. The molecule has 0 fully saturated rings. The summed E-state index contributed by atoms with van der Waals surface area (Å²) in [5.41, 5.74) is 2.61. The van der Waals surface area contributed by atoms with Crippen LogP contribution in [0.3, 0.4) is 0 Å². The molecule has 0 aromatic heterocycles. The second-order valence-corrected chi connectivity index (χ2v) is 4.85. The van der Waals surface area contributed by atoms with Gasteiger partial charge in [-0.05, 0) is 31.0 Å². The van der Waals surface area contributed by atoms with Crippen molar-refractivity contribution in [1.82, 2.24) is 0 Å². The number of aryl methyl sites for hydroxylation is 1. The first kappa shape index (κ1) is 9.27. The molecule has 0 aliphatic rings. The van der Waals surface area contributed by atoms with Crippen LogP contribution in [0.1, 0.15) is 22.9 Å². The monoisotopic (exact) mass is 276 g/mol. The molecule has 1 rings (SSSR count). The van der Waals surface area contributed by atoms with Gasteiger partial charge in [0.15, 0.2) is 0 Å². The van der Waals surface area contributed by atoms with Crippen molar-refractivity contribution in [1.29, 1.82) is 0 Å². The van der Waals surface area contributed by atoms with Crippen molar-refractivity contribution < 1.29 is 0 Å². The Hall–Kier alpha value is 0.180. The van der Waals surface area contributed by atoms with E-state index < -0.39 is 0 Å². The molecule has 0 nitrogen and oxygen atoms in total. The van der Waals surface area contributed by atoms with Crippen molar-refractivity contribution in [2.75, 3.05) is 0 Å². The van der Waals surface area contributed by atoms with Crippen LogP contribution in [-0.2, 0) is 0 Å². The standard InChI is InChI=1S/C9H10Br2/c1-6-5-8(7(2)10)3-4-9(6)11/h3-5,7H,1-2H3. The summed E-state index contributed by atoms with van der Waals surface area (Å²) in [5.74, 6) is 0. The van der Waals surface area contributed by atoms with Crippen LogP contribution in [0.15, 0.2) is 22.7 Å². The highest BCUT2D eigenvalue weighted by atomic mass is 79.9. The Morgan fingerprint density at radius 1 is 1.36 bits per heavy atom. The number of alkyl halides is 1. The summed E-state index contributed by atoms with van der Waals surface area (Å²) in [6.07, 6.45) is 0. The third kappa shape index (κ3) is 2.31. The Balaban J connectivity index is 3.05. The molecule has 0 saturated heterocycles. The lowest BCUT2D eigenvalue weighted by Crippen LogP contribution is -1.84. The number of rotatable bonds is 1. The third-order valence-electron chi connectivity index (χ3n) is 1.64. The van der Waals surface area contributed by atoms with Crippen molar-refractivity contribution in [3.05, 3.63) is 33.8 Å². The zero-order chi connectivity index (χ0) is 8.43. The summed E-state index contributed by atoms with van der Waals surface area (Å²) in [6.45, 7) is 4.23. The minimum absolute atomic E-state index is 0.439. The normalized spacial score (nSPS) is 13.1. The highest BCUT2D eigenvalue weighted by molar-refractivity contribution is 9.10. The molecule has 0 aliphatic carbocycles. The lowest BCUT2D eigenvalue weighted by atomic mass is 10.1. The van der Waals surface area contributed by atoms with Crippen LogP contribution in [0, 0.1) is 6.92 Å². The molecule has 1 atom stereocenters. The Morgan fingerprint density at radius 3 is 2.45 bits per heavy atom. The van der Waals surface area contributed by atoms with Crippen molar-refractivity contribution in [2.45, 2.75) is 18.7 Å². The largest absolute Gasteiger partial charge is 0.0842 e. The Morgan fingerprint density at radius 2 is 2.00 bits per heavy atom. The van der Waals surface area contributed by atoms with Crippen molar-refractivity contribution >= 4 is 31.9 Å². The molecular weight excluding hydrogens is 268 g/mol. The van der Waals surface area contributed by atoms with E-state index in [0.29, 0.717) is 4.83 Å². The van der Waals surface area contributed by atoms with Crippen LogP contribution in [0.2, 0.25) is 0 Å². The van der Waals surface area contributed by atoms with Crippen LogP contribution >= 0.6 is 31.9 Å². The van der Waals surface area contributed by atoms with Crippen LogP contribution < -0.4 is 0 Å². The number of benzene rings is 1. The first-order valence-corrected chi connectivity index (χ1v) is 5.22. The minimum Gasteiger partial charge on any atom is -0.0842 e. The van der Waals surface area contributed by atoms with Gasteiger partial charge in [0.2, 0.25) is 0 Å². The van der Waals surface area contributed by atoms with Crippen LogP contribution in [0.4, 0.5) is 0 Å². The Bertz CT molecular complexity index is 254. The van der Waals surface area contributed by atoms with Crippen LogP contribution in [-0.4, -0.2) is 0 Å². The molecule has 1 aromatic carbocycles. The molecule has 0 saturated carbocycles. The fraction of sp³-hybridized carbons (Fsp3) is 0.333. The summed E-state index contributed by atoms with van der Waals surface area (Å²) < 4.78 is 1.18. The topological polar surface area (TPSA) is 0 Å². The molecular formula is C9H10Br2. The van der Waals surface area contributed by atoms with Gasteiger partial charge in [-0.25, -0.2) is 0 Å².